The first-order chi connectivity index (χ1) is 15.6. The number of primary amides is 1. The van der Waals surface area contributed by atoms with Crippen molar-refractivity contribution in [2.24, 2.45) is 5.73 Å². The smallest absolute Gasteiger partial charge is 0.366 e. The molecule has 1 amide bonds. The second kappa shape index (κ2) is 8.91. The maximum absolute atomic E-state index is 14.4. The number of hydrogen-bond acceptors (Lipinski definition) is 3. The van der Waals surface area contributed by atoms with Gasteiger partial charge in [-0.1, -0.05) is 0 Å². The molecule has 4 rings (SSSR count). The number of nitrogens with zero attached hydrogens (tertiary/aromatic N) is 1. The largest absolute Gasteiger partial charge is 0.416 e. The molecule has 2 fully saturated rings. The summed E-state index contributed by atoms with van der Waals surface area (Å²) in [5, 5.41) is 0. The molecule has 1 aliphatic carbocycles. The number of nitrogens with two attached hydrogens (primary N) is 1. The second-order valence-electron chi connectivity index (χ2n) is 8.76. The Hall–Kier alpha value is -2.13. The number of thioether (sulfide) groups is 1. The number of carbonyl (C=O) groups is 1. The number of likely N-dealkylation sites (tertiary alicyclic amines) is 1. The van der Waals surface area contributed by atoms with Crippen LogP contribution < -0.4 is 5.73 Å². The average molecular weight is 485 g/mol. The zero-order chi connectivity index (χ0) is 24.0. The monoisotopic (exact) mass is 484 g/mol. The van der Waals surface area contributed by atoms with E-state index in [1.165, 1.54) is 0 Å². The molecule has 2 aromatic carbocycles. The number of carbonyl (C=O) groups excluding carboxylic acids is 1. The standard InChI is InChI=1S/C24H25F5N2OS/c1-33-21-17(22(30)32)5-6-18(24(27,28)29)19(21)20(14-11-15(25)13-16(26)12-14)23(7-4-8-23)31-9-2-3-10-31/h5-6,11-13,20H,2-4,7-10H2,1H3,(H2,30,32). The number of amides is 1. The minimum atomic E-state index is -4.73. The quantitative estimate of drug-likeness (QED) is 0.407. The van der Waals surface area contributed by atoms with Crippen LogP contribution in [0, 0.1) is 11.6 Å². The van der Waals surface area contributed by atoms with E-state index in [1.807, 2.05) is 0 Å². The van der Waals surface area contributed by atoms with Gasteiger partial charge < -0.3 is 5.73 Å². The van der Waals surface area contributed by atoms with E-state index in [0.717, 1.165) is 55.3 Å². The van der Waals surface area contributed by atoms with Crippen LogP contribution in [-0.4, -0.2) is 35.7 Å². The molecule has 0 bridgehead atoms. The summed E-state index contributed by atoms with van der Waals surface area (Å²) in [5.41, 5.74) is 3.88. The number of benzene rings is 2. The highest BCUT2D eigenvalue weighted by atomic mass is 32.2. The summed E-state index contributed by atoms with van der Waals surface area (Å²) < 4.78 is 71.7. The number of rotatable bonds is 6. The lowest BCUT2D eigenvalue weighted by Crippen LogP contribution is -2.57. The molecule has 1 saturated carbocycles. The summed E-state index contributed by atoms with van der Waals surface area (Å²) in [6, 6.07) is 4.90. The number of halogens is 5. The van der Waals surface area contributed by atoms with E-state index < -0.39 is 40.7 Å². The Bertz CT molecular complexity index is 1040. The molecule has 9 heteroatoms. The van der Waals surface area contributed by atoms with E-state index in [1.54, 1.807) is 6.26 Å². The van der Waals surface area contributed by atoms with Crippen molar-refractivity contribution in [1.29, 1.82) is 0 Å². The summed E-state index contributed by atoms with van der Waals surface area (Å²) in [5.74, 6) is -3.53. The van der Waals surface area contributed by atoms with Crippen LogP contribution in [0.1, 0.15) is 65.1 Å². The predicted molar refractivity (Wildman–Crippen MR) is 117 cm³/mol. The number of hydrogen-bond donors (Lipinski definition) is 1. The van der Waals surface area contributed by atoms with Crippen LogP contribution in [0.4, 0.5) is 22.0 Å². The van der Waals surface area contributed by atoms with Gasteiger partial charge in [-0.3, -0.25) is 9.69 Å². The van der Waals surface area contributed by atoms with Crippen molar-refractivity contribution in [3.05, 3.63) is 64.2 Å². The van der Waals surface area contributed by atoms with Gasteiger partial charge in [0.25, 0.3) is 0 Å². The van der Waals surface area contributed by atoms with Crippen LogP contribution in [0.5, 0.6) is 0 Å². The molecule has 2 aliphatic rings. The highest BCUT2D eigenvalue weighted by Gasteiger charge is 2.53. The van der Waals surface area contributed by atoms with E-state index >= 15 is 0 Å². The molecule has 1 aliphatic heterocycles. The van der Waals surface area contributed by atoms with Crippen LogP contribution in [0.3, 0.4) is 0 Å². The van der Waals surface area contributed by atoms with Crippen LogP contribution in [0.25, 0.3) is 0 Å². The van der Waals surface area contributed by atoms with E-state index in [-0.39, 0.29) is 21.6 Å². The zero-order valence-corrected chi connectivity index (χ0v) is 19.0. The SMILES string of the molecule is CSc1c(C(N)=O)ccc(C(F)(F)F)c1C(c1cc(F)cc(F)c1)C1(N2CCCC2)CCC1. The molecule has 1 atom stereocenters. The highest BCUT2D eigenvalue weighted by molar-refractivity contribution is 7.98. The summed E-state index contributed by atoms with van der Waals surface area (Å²) in [4.78, 5) is 14.4. The van der Waals surface area contributed by atoms with Crippen LogP contribution in [-0.2, 0) is 6.18 Å². The van der Waals surface area contributed by atoms with Crippen molar-refractivity contribution in [3.63, 3.8) is 0 Å². The molecule has 0 radical (unpaired) electrons. The van der Waals surface area contributed by atoms with Crippen molar-refractivity contribution in [2.45, 2.75) is 54.6 Å². The molecule has 2 N–H and O–H groups in total. The summed E-state index contributed by atoms with van der Waals surface area (Å²) in [6.07, 6.45) is 0.678. The summed E-state index contributed by atoms with van der Waals surface area (Å²) >= 11 is 0.998. The minimum Gasteiger partial charge on any atom is -0.366 e. The van der Waals surface area contributed by atoms with Gasteiger partial charge in [0.05, 0.1) is 11.1 Å². The molecule has 178 valence electrons. The third-order valence-electron chi connectivity index (χ3n) is 6.97. The zero-order valence-electron chi connectivity index (χ0n) is 18.1. The van der Waals surface area contributed by atoms with Crippen LogP contribution >= 0.6 is 11.8 Å². The fourth-order valence-electron chi connectivity index (χ4n) is 5.52. The molecular formula is C24H25F5N2OS. The van der Waals surface area contributed by atoms with Crippen LogP contribution in [0.15, 0.2) is 35.2 Å². The van der Waals surface area contributed by atoms with Crippen molar-refractivity contribution in [3.8, 4) is 0 Å². The Morgan fingerprint density at radius 1 is 1.06 bits per heavy atom. The first-order valence-electron chi connectivity index (χ1n) is 10.9. The van der Waals surface area contributed by atoms with E-state index in [0.29, 0.717) is 32.0 Å². The Kier molecular flexibility index (Phi) is 6.48. The molecule has 0 spiro atoms. The van der Waals surface area contributed by atoms with Gasteiger partial charge in [-0.2, -0.15) is 13.2 Å². The summed E-state index contributed by atoms with van der Waals surface area (Å²) in [7, 11) is 0. The first-order valence-corrected chi connectivity index (χ1v) is 12.1. The van der Waals surface area contributed by atoms with Gasteiger partial charge in [0, 0.05) is 22.4 Å². The topological polar surface area (TPSA) is 46.3 Å². The van der Waals surface area contributed by atoms with E-state index in [9.17, 15) is 26.7 Å². The van der Waals surface area contributed by atoms with Crippen molar-refractivity contribution < 1.29 is 26.7 Å². The van der Waals surface area contributed by atoms with Crippen LogP contribution in [0.2, 0.25) is 0 Å². The Balaban J connectivity index is 2.08. The van der Waals surface area contributed by atoms with Gasteiger partial charge in [-0.15, -0.1) is 11.8 Å². The number of alkyl halides is 3. The maximum Gasteiger partial charge on any atom is 0.416 e. The second-order valence-corrected chi connectivity index (χ2v) is 9.57. The molecule has 1 unspecified atom stereocenters. The summed E-state index contributed by atoms with van der Waals surface area (Å²) in [6.45, 7) is 1.42. The van der Waals surface area contributed by atoms with Gasteiger partial charge >= 0.3 is 6.18 Å². The lowest BCUT2D eigenvalue weighted by atomic mass is 9.61. The minimum absolute atomic E-state index is 0.0247. The predicted octanol–water partition coefficient (Wildman–Crippen LogP) is 5.95. The first kappa shape index (κ1) is 24.0. The maximum atomic E-state index is 14.4. The van der Waals surface area contributed by atoms with Crippen molar-refractivity contribution in [1.82, 2.24) is 4.90 Å². The molecule has 3 nitrogen and oxygen atoms in total. The molecule has 0 aromatic heterocycles. The highest BCUT2D eigenvalue weighted by Crippen LogP contribution is 2.56. The van der Waals surface area contributed by atoms with Gasteiger partial charge in [-0.05, 0) is 86.8 Å². The fourth-order valence-corrected chi connectivity index (χ4v) is 6.36. The van der Waals surface area contributed by atoms with Gasteiger partial charge in [0.1, 0.15) is 11.6 Å². The third-order valence-corrected chi connectivity index (χ3v) is 7.82. The molecule has 33 heavy (non-hydrogen) atoms. The normalized spacial score (nSPS) is 19.3. The van der Waals surface area contributed by atoms with Gasteiger partial charge in [-0.25, -0.2) is 8.78 Å². The van der Waals surface area contributed by atoms with Gasteiger partial charge in [0.2, 0.25) is 5.91 Å². The van der Waals surface area contributed by atoms with Crippen molar-refractivity contribution >= 4 is 17.7 Å². The van der Waals surface area contributed by atoms with E-state index in [4.69, 9.17) is 5.73 Å². The Morgan fingerprint density at radius 2 is 1.67 bits per heavy atom. The molecule has 1 heterocycles. The lowest BCUT2D eigenvalue weighted by molar-refractivity contribution is -0.139. The van der Waals surface area contributed by atoms with Crippen molar-refractivity contribution in [2.75, 3.05) is 19.3 Å². The van der Waals surface area contributed by atoms with E-state index in [2.05, 4.69) is 4.90 Å². The lowest BCUT2D eigenvalue weighted by Gasteiger charge is -2.55. The fraction of sp³-hybridized carbons (Fsp3) is 0.458. The Labute approximate surface area is 193 Å². The van der Waals surface area contributed by atoms with Gasteiger partial charge in [0.15, 0.2) is 0 Å². The molecule has 2 aromatic rings. The third kappa shape index (κ3) is 4.25. The average Bonchev–Trinajstić information content (AvgIpc) is 3.22. The molecule has 1 saturated heterocycles. The Morgan fingerprint density at radius 3 is 2.12 bits per heavy atom. The molecular weight excluding hydrogens is 459 g/mol.